The Morgan fingerprint density at radius 3 is 2.22 bits per heavy atom. The second-order valence-corrected chi connectivity index (χ2v) is 5.55. The van der Waals surface area contributed by atoms with E-state index in [4.69, 9.17) is 9.47 Å². The molecule has 1 aliphatic rings. The Balaban J connectivity index is 2.61. The average molecular weight is 245 g/mol. The van der Waals surface area contributed by atoms with E-state index in [-0.39, 0.29) is 5.41 Å². The smallest absolute Gasteiger partial charge is 0.130 e. The van der Waals surface area contributed by atoms with Crippen molar-refractivity contribution in [3.63, 3.8) is 0 Å². The maximum atomic E-state index is 9.55. The molecule has 18 heavy (non-hydrogen) atoms. The van der Waals surface area contributed by atoms with Crippen LogP contribution < -0.4 is 9.47 Å². The molecule has 0 N–H and O–H groups in total. The quantitative estimate of drug-likeness (QED) is 0.821. The van der Waals surface area contributed by atoms with Crippen molar-refractivity contribution in [3.05, 3.63) is 23.3 Å². The van der Waals surface area contributed by atoms with Crippen LogP contribution in [0.4, 0.5) is 0 Å². The number of hydrogen-bond donors (Lipinski definition) is 0. The minimum Gasteiger partial charge on any atom is -0.496 e. The van der Waals surface area contributed by atoms with Gasteiger partial charge in [0.1, 0.15) is 11.5 Å². The zero-order valence-corrected chi connectivity index (χ0v) is 11.6. The monoisotopic (exact) mass is 245 g/mol. The van der Waals surface area contributed by atoms with Crippen molar-refractivity contribution in [2.75, 3.05) is 14.2 Å². The van der Waals surface area contributed by atoms with Gasteiger partial charge >= 0.3 is 0 Å². The molecule has 1 aliphatic carbocycles. The molecule has 1 atom stereocenters. The summed E-state index contributed by atoms with van der Waals surface area (Å²) in [7, 11) is 3.29. The number of methoxy groups -OCH3 is 2. The Labute approximate surface area is 108 Å². The Bertz CT molecular complexity index is 528. The first-order valence-corrected chi connectivity index (χ1v) is 6.07. The standard InChI is InChI=1S/C15H19NO2/c1-10-12(17-4)7-6-11(13(10)18-5)15(9-16)8-14(15,2)3/h6-7H,8H2,1-5H3. The second kappa shape index (κ2) is 3.91. The van der Waals surface area contributed by atoms with Gasteiger partial charge in [0.25, 0.3) is 0 Å². The molecule has 1 aromatic carbocycles. The summed E-state index contributed by atoms with van der Waals surface area (Å²) in [4.78, 5) is 0. The Morgan fingerprint density at radius 2 is 1.83 bits per heavy atom. The van der Waals surface area contributed by atoms with Crippen molar-refractivity contribution in [2.45, 2.75) is 32.6 Å². The molecular weight excluding hydrogens is 226 g/mol. The third-order valence-corrected chi connectivity index (χ3v) is 4.17. The Kier molecular flexibility index (Phi) is 2.77. The highest BCUT2D eigenvalue weighted by Crippen LogP contribution is 2.65. The maximum Gasteiger partial charge on any atom is 0.130 e. The number of hydrogen-bond acceptors (Lipinski definition) is 3. The van der Waals surface area contributed by atoms with Gasteiger partial charge in [0, 0.05) is 11.1 Å². The van der Waals surface area contributed by atoms with Gasteiger partial charge in [0.15, 0.2) is 0 Å². The predicted octanol–water partition coefficient (Wildman–Crippen LogP) is 3.20. The molecule has 0 spiro atoms. The van der Waals surface area contributed by atoms with Crippen molar-refractivity contribution in [3.8, 4) is 17.6 Å². The molecule has 1 aromatic rings. The van der Waals surface area contributed by atoms with Crippen LogP contribution in [-0.2, 0) is 5.41 Å². The van der Waals surface area contributed by atoms with Crippen molar-refractivity contribution >= 4 is 0 Å². The van der Waals surface area contributed by atoms with Crippen LogP contribution >= 0.6 is 0 Å². The fourth-order valence-electron chi connectivity index (χ4n) is 2.82. The van der Waals surface area contributed by atoms with Gasteiger partial charge in [-0.15, -0.1) is 0 Å². The fourth-order valence-corrected chi connectivity index (χ4v) is 2.82. The van der Waals surface area contributed by atoms with Crippen LogP contribution in [0.15, 0.2) is 12.1 Å². The van der Waals surface area contributed by atoms with Crippen LogP contribution in [0, 0.1) is 23.7 Å². The second-order valence-electron chi connectivity index (χ2n) is 5.55. The molecule has 0 radical (unpaired) electrons. The predicted molar refractivity (Wildman–Crippen MR) is 70.0 cm³/mol. The van der Waals surface area contributed by atoms with Crippen LogP contribution in [0.2, 0.25) is 0 Å². The zero-order chi connectivity index (χ0) is 13.6. The molecule has 1 unspecified atom stereocenters. The minimum absolute atomic E-state index is 0.00998. The van der Waals surface area contributed by atoms with E-state index in [2.05, 4.69) is 19.9 Å². The molecule has 0 amide bonds. The van der Waals surface area contributed by atoms with E-state index >= 15 is 0 Å². The van der Waals surface area contributed by atoms with Crippen LogP contribution in [0.3, 0.4) is 0 Å². The first-order valence-electron chi connectivity index (χ1n) is 6.07. The van der Waals surface area contributed by atoms with Gasteiger partial charge in [0.2, 0.25) is 0 Å². The van der Waals surface area contributed by atoms with Gasteiger partial charge in [-0.05, 0) is 30.9 Å². The molecule has 1 fully saturated rings. The van der Waals surface area contributed by atoms with Crippen LogP contribution in [-0.4, -0.2) is 14.2 Å². The van der Waals surface area contributed by atoms with E-state index in [9.17, 15) is 5.26 Å². The van der Waals surface area contributed by atoms with Gasteiger partial charge in [-0.1, -0.05) is 13.8 Å². The number of rotatable bonds is 3. The Morgan fingerprint density at radius 1 is 1.22 bits per heavy atom. The largest absolute Gasteiger partial charge is 0.496 e. The summed E-state index contributed by atoms with van der Waals surface area (Å²) in [5.41, 5.74) is 1.52. The van der Waals surface area contributed by atoms with Crippen molar-refractivity contribution in [2.24, 2.45) is 5.41 Å². The molecule has 0 aliphatic heterocycles. The first-order chi connectivity index (χ1) is 8.43. The molecule has 3 heteroatoms. The van der Waals surface area contributed by atoms with E-state index < -0.39 is 5.41 Å². The summed E-state index contributed by atoms with van der Waals surface area (Å²) in [6.07, 6.45) is 0.874. The van der Waals surface area contributed by atoms with Gasteiger partial charge in [-0.3, -0.25) is 0 Å². The highest BCUT2D eigenvalue weighted by Gasteiger charge is 2.64. The van der Waals surface area contributed by atoms with Crippen LogP contribution in [0.1, 0.15) is 31.4 Å². The molecule has 0 aromatic heterocycles. The van der Waals surface area contributed by atoms with Gasteiger partial charge in [-0.2, -0.15) is 5.26 Å². The lowest BCUT2D eigenvalue weighted by atomic mass is 9.87. The number of nitrogens with zero attached hydrogens (tertiary/aromatic N) is 1. The minimum atomic E-state index is -0.421. The van der Waals surface area contributed by atoms with E-state index in [1.54, 1.807) is 14.2 Å². The highest BCUT2D eigenvalue weighted by molar-refractivity contribution is 5.58. The molecule has 2 rings (SSSR count). The maximum absolute atomic E-state index is 9.55. The van der Waals surface area contributed by atoms with Crippen molar-refractivity contribution in [1.29, 1.82) is 5.26 Å². The summed E-state index contributed by atoms with van der Waals surface area (Å²) in [6.45, 7) is 6.20. The van der Waals surface area contributed by atoms with E-state index in [1.165, 1.54) is 0 Å². The van der Waals surface area contributed by atoms with Crippen molar-refractivity contribution < 1.29 is 9.47 Å². The molecule has 0 heterocycles. The normalized spacial score (nSPS) is 24.2. The fraction of sp³-hybridized carbons (Fsp3) is 0.533. The molecule has 1 saturated carbocycles. The SMILES string of the molecule is COc1ccc(C2(C#N)CC2(C)C)c(OC)c1C. The highest BCUT2D eigenvalue weighted by atomic mass is 16.5. The van der Waals surface area contributed by atoms with Crippen molar-refractivity contribution in [1.82, 2.24) is 0 Å². The summed E-state index contributed by atoms with van der Waals surface area (Å²) < 4.78 is 10.8. The Hall–Kier alpha value is -1.69. The zero-order valence-electron chi connectivity index (χ0n) is 11.6. The van der Waals surface area contributed by atoms with Crippen LogP contribution in [0.25, 0.3) is 0 Å². The first kappa shape index (κ1) is 12.8. The third-order valence-electron chi connectivity index (χ3n) is 4.17. The van der Waals surface area contributed by atoms with E-state index in [0.29, 0.717) is 0 Å². The summed E-state index contributed by atoms with van der Waals surface area (Å²) in [5.74, 6) is 1.57. The number of ether oxygens (including phenoxy) is 2. The lowest BCUT2D eigenvalue weighted by molar-refractivity contribution is 0.381. The van der Waals surface area contributed by atoms with Crippen LogP contribution in [0.5, 0.6) is 11.5 Å². The lowest BCUT2D eigenvalue weighted by Gasteiger charge is -2.19. The molecule has 0 saturated heterocycles. The van der Waals surface area contributed by atoms with Gasteiger partial charge in [-0.25, -0.2) is 0 Å². The topological polar surface area (TPSA) is 42.2 Å². The molecular formula is C15H19NO2. The van der Waals surface area contributed by atoms with Gasteiger partial charge < -0.3 is 9.47 Å². The summed E-state index contributed by atoms with van der Waals surface area (Å²) in [5, 5.41) is 9.55. The van der Waals surface area contributed by atoms with E-state index in [1.807, 2.05) is 19.1 Å². The summed E-state index contributed by atoms with van der Waals surface area (Å²) >= 11 is 0. The average Bonchev–Trinajstić information content (AvgIpc) is 2.92. The number of nitriles is 1. The lowest BCUT2D eigenvalue weighted by Crippen LogP contribution is -2.14. The third kappa shape index (κ3) is 1.49. The van der Waals surface area contributed by atoms with Gasteiger partial charge in [0.05, 0.1) is 25.7 Å². The molecule has 3 nitrogen and oxygen atoms in total. The van der Waals surface area contributed by atoms with E-state index in [0.717, 1.165) is 29.0 Å². The molecule has 96 valence electrons. The number of benzene rings is 1. The summed E-state index contributed by atoms with van der Waals surface area (Å²) in [6, 6.07) is 6.36. The molecule has 0 bridgehead atoms.